The van der Waals surface area contributed by atoms with E-state index >= 15 is 0 Å². The largest absolute Gasteiger partial charge is 0.487 e. The minimum absolute atomic E-state index is 0.166. The Labute approximate surface area is 115 Å². The number of fused-ring (bicyclic) bond motifs is 1. The average molecular weight is 275 g/mol. The molecule has 2 aromatic carbocycles. The first kappa shape index (κ1) is 12.7. The highest BCUT2D eigenvalue weighted by Gasteiger charge is 2.17. The molecule has 1 aliphatic rings. The summed E-state index contributed by atoms with van der Waals surface area (Å²) in [7, 11) is 0. The van der Waals surface area contributed by atoms with E-state index in [9.17, 15) is 4.39 Å². The van der Waals surface area contributed by atoms with Crippen molar-refractivity contribution in [3.8, 4) is 11.5 Å². The minimum atomic E-state index is -0.336. The van der Waals surface area contributed by atoms with E-state index in [2.05, 4.69) is 0 Å². The summed E-state index contributed by atoms with van der Waals surface area (Å²) in [5, 5.41) is 0. The number of halogens is 1. The molecule has 1 aliphatic heterocycles. The van der Waals surface area contributed by atoms with Crippen LogP contribution >= 0.6 is 0 Å². The van der Waals surface area contributed by atoms with Crippen LogP contribution in [-0.2, 0) is 18.0 Å². The van der Waals surface area contributed by atoms with Gasteiger partial charge in [0.25, 0.3) is 0 Å². The first-order valence-electron chi connectivity index (χ1n) is 6.23. The lowest BCUT2D eigenvalue weighted by Crippen LogP contribution is -2.14. The van der Waals surface area contributed by atoms with Gasteiger partial charge >= 0.3 is 0 Å². The lowest BCUT2D eigenvalue weighted by Gasteiger charge is -2.21. The summed E-state index contributed by atoms with van der Waals surface area (Å²) in [5.74, 6) is 0.863. The Morgan fingerprint density at radius 3 is 2.95 bits per heavy atom. The van der Waals surface area contributed by atoms with Gasteiger partial charge in [0, 0.05) is 11.1 Å². The van der Waals surface area contributed by atoms with Gasteiger partial charge < -0.3 is 19.9 Å². The van der Waals surface area contributed by atoms with Crippen LogP contribution in [0.5, 0.6) is 11.5 Å². The van der Waals surface area contributed by atoms with Crippen molar-refractivity contribution in [1.29, 1.82) is 0 Å². The Hall–Kier alpha value is -2.27. The smallest absolute Gasteiger partial charge is 0.189 e. The monoisotopic (exact) mass is 275 g/mol. The molecule has 0 amide bonds. The van der Waals surface area contributed by atoms with Gasteiger partial charge in [-0.05, 0) is 24.3 Å². The van der Waals surface area contributed by atoms with Gasteiger partial charge in [0.2, 0.25) is 0 Å². The Morgan fingerprint density at radius 2 is 2.10 bits per heavy atom. The summed E-state index contributed by atoms with van der Waals surface area (Å²) >= 11 is 0. The quantitative estimate of drug-likeness (QED) is 0.875. The summed E-state index contributed by atoms with van der Waals surface area (Å²) < 4.78 is 29.8. The molecule has 20 heavy (non-hydrogen) atoms. The van der Waals surface area contributed by atoms with Crippen LogP contribution in [0.2, 0.25) is 0 Å². The molecule has 2 N–H and O–H groups in total. The molecule has 0 atom stereocenters. The van der Waals surface area contributed by atoms with Gasteiger partial charge in [0.1, 0.15) is 23.9 Å². The molecule has 0 radical (unpaired) electrons. The summed E-state index contributed by atoms with van der Waals surface area (Å²) in [6.07, 6.45) is 0. The Morgan fingerprint density at radius 1 is 1.25 bits per heavy atom. The van der Waals surface area contributed by atoms with Gasteiger partial charge in [0.15, 0.2) is 6.79 Å². The van der Waals surface area contributed by atoms with E-state index in [1.54, 1.807) is 12.1 Å². The molecular formula is C15H14FNO3. The molecule has 0 aliphatic carbocycles. The van der Waals surface area contributed by atoms with Crippen LogP contribution in [0.4, 0.5) is 10.1 Å². The highest BCUT2D eigenvalue weighted by atomic mass is 19.1. The number of hydrogen-bond acceptors (Lipinski definition) is 4. The number of anilines is 1. The normalized spacial score (nSPS) is 13.4. The molecule has 1 heterocycles. The van der Waals surface area contributed by atoms with Gasteiger partial charge in [-0.15, -0.1) is 0 Å². The Kier molecular flexibility index (Phi) is 3.43. The standard InChI is InChI=1S/C15H14FNO3/c16-12-5-10-7-18-9-20-15(10)11(6-12)8-19-14-4-2-1-3-13(14)17/h1-6H,7-9,17H2. The molecule has 0 spiro atoms. The molecule has 0 saturated heterocycles. The minimum Gasteiger partial charge on any atom is -0.487 e. The van der Waals surface area contributed by atoms with E-state index < -0.39 is 0 Å². The fourth-order valence-electron chi connectivity index (χ4n) is 2.13. The van der Waals surface area contributed by atoms with Crippen LogP contribution < -0.4 is 15.2 Å². The fraction of sp³-hybridized carbons (Fsp3) is 0.200. The van der Waals surface area contributed by atoms with Crippen molar-refractivity contribution >= 4 is 5.69 Å². The number of rotatable bonds is 3. The van der Waals surface area contributed by atoms with E-state index in [1.165, 1.54) is 12.1 Å². The molecular weight excluding hydrogens is 261 g/mol. The van der Waals surface area contributed by atoms with Crippen LogP contribution in [0.25, 0.3) is 0 Å². The van der Waals surface area contributed by atoms with Crippen LogP contribution in [-0.4, -0.2) is 6.79 Å². The van der Waals surface area contributed by atoms with Crippen molar-refractivity contribution in [3.63, 3.8) is 0 Å². The van der Waals surface area contributed by atoms with Crippen molar-refractivity contribution < 1.29 is 18.6 Å². The second kappa shape index (κ2) is 5.38. The molecule has 3 rings (SSSR count). The summed E-state index contributed by atoms with van der Waals surface area (Å²) in [6, 6.07) is 9.99. The van der Waals surface area contributed by atoms with Crippen molar-refractivity contribution in [1.82, 2.24) is 0 Å². The van der Waals surface area contributed by atoms with Gasteiger partial charge in [-0.1, -0.05) is 12.1 Å². The van der Waals surface area contributed by atoms with E-state index in [4.69, 9.17) is 19.9 Å². The zero-order valence-electron chi connectivity index (χ0n) is 10.8. The number of nitrogens with two attached hydrogens (primary N) is 1. The van der Waals surface area contributed by atoms with Crippen molar-refractivity contribution in [2.24, 2.45) is 0 Å². The third kappa shape index (κ3) is 2.53. The van der Waals surface area contributed by atoms with Crippen LogP contribution in [0.1, 0.15) is 11.1 Å². The van der Waals surface area contributed by atoms with E-state index in [0.29, 0.717) is 34.9 Å². The molecule has 0 bridgehead atoms. The number of benzene rings is 2. The summed E-state index contributed by atoms with van der Waals surface area (Å²) in [4.78, 5) is 0. The van der Waals surface area contributed by atoms with Crippen molar-refractivity contribution in [2.45, 2.75) is 13.2 Å². The van der Waals surface area contributed by atoms with Gasteiger partial charge in [0.05, 0.1) is 12.3 Å². The first-order valence-corrected chi connectivity index (χ1v) is 6.23. The van der Waals surface area contributed by atoms with Gasteiger partial charge in [-0.3, -0.25) is 0 Å². The fourth-order valence-corrected chi connectivity index (χ4v) is 2.13. The number of para-hydroxylation sites is 2. The molecule has 4 nitrogen and oxygen atoms in total. The summed E-state index contributed by atoms with van der Waals surface area (Å²) in [6.45, 7) is 0.695. The van der Waals surface area contributed by atoms with Crippen LogP contribution in [0, 0.1) is 5.82 Å². The second-order valence-corrected chi connectivity index (χ2v) is 4.49. The molecule has 0 unspecified atom stereocenters. The lowest BCUT2D eigenvalue weighted by atomic mass is 10.1. The zero-order valence-corrected chi connectivity index (χ0v) is 10.8. The summed E-state index contributed by atoms with van der Waals surface area (Å²) in [5.41, 5.74) is 7.68. The topological polar surface area (TPSA) is 53.7 Å². The molecule has 0 aromatic heterocycles. The predicted octanol–water partition coefficient (Wildman–Crippen LogP) is 2.85. The maximum absolute atomic E-state index is 13.6. The van der Waals surface area contributed by atoms with Crippen LogP contribution in [0.3, 0.4) is 0 Å². The number of hydrogen-bond donors (Lipinski definition) is 1. The molecule has 5 heteroatoms. The lowest BCUT2D eigenvalue weighted by molar-refractivity contribution is -0.0178. The highest BCUT2D eigenvalue weighted by molar-refractivity contribution is 5.52. The molecule has 2 aromatic rings. The van der Waals surface area contributed by atoms with E-state index in [1.807, 2.05) is 12.1 Å². The highest BCUT2D eigenvalue weighted by Crippen LogP contribution is 2.31. The number of nitrogen functional groups attached to an aromatic ring is 1. The maximum Gasteiger partial charge on any atom is 0.189 e. The predicted molar refractivity (Wildman–Crippen MR) is 71.9 cm³/mol. The van der Waals surface area contributed by atoms with Crippen molar-refractivity contribution in [2.75, 3.05) is 12.5 Å². The third-order valence-electron chi connectivity index (χ3n) is 3.05. The Bertz CT molecular complexity index is 631. The first-order chi connectivity index (χ1) is 9.74. The third-order valence-corrected chi connectivity index (χ3v) is 3.05. The average Bonchev–Trinajstić information content (AvgIpc) is 2.46. The van der Waals surface area contributed by atoms with E-state index in [0.717, 1.165) is 0 Å². The molecule has 104 valence electrons. The van der Waals surface area contributed by atoms with Gasteiger partial charge in [-0.25, -0.2) is 4.39 Å². The zero-order chi connectivity index (χ0) is 13.9. The molecule has 0 fully saturated rings. The Balaban J connectivity index is 1.84. The van der Waals surface area contributed by atoms with Crippen molar-refractivity contribution in [3.05, 3.63) is 53.3 Å². The number of ether oxygens (including phenoxy) is 3. The second-order valence-electron chi connectivity index (χ2n) is 4.49. The van der Waals surface area contributed by atoms with E-state index in [-0.39, 0.29) is 19.2 Å². The molecule has 0 saturated carbocycles. The SMILES string of the molecule is Nc1ccccc1OCc1cc(F)cc2c1OCOC2. The maximum atomic E-state index is 13.6. The van der Waals surface area contributed by atoms with Crippen LogP contribution in [0.15, 0.2) is 36.4 Å². The van der Waals surface area contributed by atoms with Gasteiger partial charge in [-0.2, -0.15) is 0 Å².